The summed E-state index contributed by atoms with van der Waals surface area (Å²) in [7, 11) is 0. The third-order valence-electron chi connectivity index (χ3n) is 3.13. The van der Waals surface area contributed by atoms with Gasteiger partial charge in [0.05, 0.1) is 0 Å². The molecule has 2 aromatic carbocycles. The molecule has 0 fully saturated rings. The molecule has 0 spiro atoms. The van der Waals surface area contributed by atoms with Gasteiger partial charge < -0.3 is 5.32 Å². The molecule has 0 radical (unpaired) electrons. The monoisotopic (exact) mass is 339 g/mol. The zero-order chi connectivity index (χ0) is 14.5. The first kappa shape index (κ1) is 15.0. The van der Waals surface area contributed by atoms with Gasteiger partial charge in [-0.2, -0.15) is 0 Å². The highest BCUT2D eigenvalue weighted by atomic mass is 79.9. The SMILES string of the molecule is CCc1cc(Br)ccc1NCc1cccc(C(F)F)c1. The van der Waals surface area contributed by atoms with E-state index in [9.17, 15) is 8.78 Å². The lowest BCUT2D eigenvalue weighted by atomic mass is 10.1. The molecule has 0 heterocycles. The normalized spacial score (nSPS) is 10.8. The van der Waals surface area contributed by atoms with Crippen LogP contribution in [0.15, 0.2) is 46.9 Å². The summed E-state index contributed by atoms with van der Waals surface area (Å²) in [5.74, 6) is 0. The van der Waals surface area contributed by atoms with E-state index in [2.05, 4.69) is 34.2 Å². The van der Waals surface area contributed by atoms with Crippen LogP contribution >= 0.6 is 15.9 Å². The Morgan fingerprint density at radius 2 is 1.95 bits per heavy atom. The fraction of sp³-hybridized carbons (Fsp3) is 0.250. The lowest BCUT2D eigenvalue weighted by molar-refractivity contribution is 0.151. The molecule has 0 aromatic heterocycles. The van der Waals surface area contributed by atoms with E-state index < -0.39 is 6.43 Å². The van der Waals surface area contributed by atoms with Crippen LogP contribution in [-0.4, -0.2) is 0 Å². The van der Waals surface area contributed by atoms with Crippen molar-refractivity contribution < 1.29 is 8.78 Å². The lowest BCUT2D eigenvalue weighted by Crippen LogP contribution is -2.02. The minimum absolute atomic E-state index is 0.0656. The van der Waals surface area contributed by atoms with Crippen molar-refractivity contribution in [2.45, 2.75) is 26.3 Å². The zero-order valence-corrected chi connectivity index (χ0v) is 12.8. The van der Waals surface area contributed by atoms with Crippen LogP contribution in [0.3, 0.4) is 0 Å². The van der Waals surface area contributed by atoms with Crippen molar-refractivity contribution in [3.05, 3.63) is 63.6 Å². The molecule has 0 atom stereocenters. The lowest BCUT2D eigenvalue weighted by Gasteiger charge is -2.12. The Balaban J connectivity index is 2.10. The average Bonchev–Trinajstić information content (AvgIpc) is 2.46. The maximum absolute atomic E-state index is 12.6. The number of hydrogen-bond acceptors (Lipinski definition) is 1. The van der Waals surface area contributed by atoms with Gasteiger partial charge in [-0.15, -0.1) is 0 Å². The summed E-state index contributed by atoms with van der Waals surface area (Å²) in [5.41, 5.74) is 3.16. The quantitative estimate of drug-likeness (QED) is 0.751. The molecule has 0 bridgehead atoms. The number of rotatable bonds is 5. The van der Waals surface area contributed by atoms with Gasteiger partial charge in [0, 0.05) is 22.3 Å². The molecule has 0 unspecified atom stereocenters. The zero-order valence-electron chi connectivity index (χ0n) is 11.2. The number of hydrogen-bond donors (Lipinski definition) is 1. The highest BCUT2D eigenvalue weighted by Gasteiger charge is 2.07. The van der Waals surface area contributed by atoms with Crippen LogP contribution in [0.4, 0.5) is 14.5 Å². The summed E-state index contributed by atoms with van der Waals surface area (Å²) in [4.78, 5) is 0. The Morgan fingerprint density at radius 3 is 2.65 bits per heavy atom. The Hall–Kier alpha value is -1.42. The van der Waals surface area contributed by atoms with Crippen LogP contribution in [0.5, 0.6) is 0 Å². The van der Waals surface area contributed by atoms with Gasteiger partial charge in [-0.1, -0.05) is 41.1 Å². The Kier molecular flexibility index (Phi) is 5.12. The molecular formula is C16H16BrF2N. The van der Waals surface area contributed by atoms with Crippen molar-refractivity contribution in [3.8, 4) is 0 Å². The molecule has 1 nitrogen and oxygen atoms in total. The van der Waals surface area contributed by atoms with Gasteiger partial charge in [0.15, 0.2) is 0 Å². The van der Waals surface area contributed by atoms with Gasteiger partial charge in [0.25, 0.3) is 6.43 Å². The van der Waals surface area contributed by atoms with E-state index in [4.69, 9.17) is 0 Å². The van der Waals surface area contributed by atoms with Crippen molar-refractivity contribution in [3.63, 3.8) is 0 Å². The number of alkyl halides is 2. The van der Waals surface area contributed by atoms with Gasteiger partial charge in [0.2, 0.25) is 0 Å². The molecule has 0 amide bonds. The number of benzene rings is 2. The summed E-state index contributed by atoms with van der Waals surface area (Å²) in [6.07, 6.45) is -1.51. The van der Waals surface area contributed by atoms with Gasteiger partial charge in [-0.25, -0.2) is 8.78 Å². The number of aryl methyl sites for hydroxylation is 1. The van der Waals surface area contributed by atoms with Gasteiger partial charge >= 0.3 is 0 Å². The summed E-state index contributed by atoms with van der Waals surface area (Å²) < 4.78 is 26.3. The molecule has 20 heavy (non-hydrogen) atoms. The van der Waals surface area contributed by atoms with Crippen LogP contribution in [0.1, 0.15) is 30.0 Å². The molecule has 2 rings (SSSR count). The fourth-order valence-electron chi connectivity index (χ4n) is 2.06. The topological polar surface area (TPSA) is 12.0 Å². The third-order valence-corrected chi connectivity index (χ3v) is 3.63. The molecule has 0 aliphatic carbocycles. The van der Waals surface area contributed by atoms with Crippen LogP contribution in [-0.2, 0) is 13.0 Å². The molecule has 0 saturated carbocycles. The van der Waals surface area contributed by atoms with Gasteiger partial charge in [-0.3, -0.25) is 0 Å². The number of anilines is 1. The van der Waals surface area contributed by atoms with Crippen LogP contribution in [0.2, 0.25) is 0 Å². The maximum atomic E-state index is 12.6. The van der Waals surface area contributed by atoms with E-state index in [0.29, 0.717) is 6.54 Å². The maximum Gasteiger partial charge on any atom is 0.263 e. The first-order valence-corrected chi connectivity index (χ1v) is 7.28. The molecule has 1 N–H and O–H groups in total. The summed E-state index contributed by atoms with van der Waals surface area (Å²) in [6, 6.07) is 12.5. The fourth-order valence-corrected chi connectivity index (χ4v) is 2.47. The molecular weight excluding hydrogens is 324 g/mol. The molecule has 0 aliphatic rings. The van der Waals surface area contributed by atoms with Crippen LogP contribution in [0.25, 0.3) is 0 Å². The summed E-state index contributed by atoms with van der Waals surface area (Å²) >= 11 is 3.45. The Bertz CT molecular complexity index is 584. The number of nitrogens with one attached hydrogen (secondary N) is 1. The Labute approximate surface area is 126 Å². The van der Waals surface area contributed by atoms with Crippen molar-refractivity contribution in [1.29, 1.82) is 0 Å². The van der Waals surface area contributed by atoms with E-state index in [1.165, 1.54) is 11.6 Å². The second-order valence-corrected chi connectivity index (χ2v) is 5.47. The highest BCUT2D eigenvalue weighted by Crippen LogP contribution is 2.23. The molecule has 0 saturated heterocycles. The van der Waals surface area contributed by atoms with Crippen LogP contribution < -0.4 is 5.32 Å². The van der Waals surface area contributed by atoms with E-state index >= 15 is 0 Å². The molecule has 2 aromatic rings. The molecule has 106 valence electrons. The predicted octanol–water partition coefficient (Wildman–Crippen LogP) is 5.56. The van der Waals surface area contributed by atoms with Crippen molar-refractivity contribution >= 4 is 21.6 Å². The highest BCUT2D eigenvalue weighted by molar-refractivity contribution is 9.10. The van der Waals surface area contributed by atoms with E-state index in [0.717, 1.165) is 22.1 Å². The number of halogens is 3. The second kappa shape index (κ2) is 6.84. The molecule has 4 heteroatoms. The third kappa shape index (κ3) is 3.79. The first-order chi connectivity index (χ1) is 9.60. The molecule has 0 aliphatic heterocycles. The van der Waals surface area contributed by atoms with Crippen molar-refractivity contribution in [2.75, 3.05) is 5.32 Å². The van der Waals surface area contributed by atoms with Crippen molar-refractivity contribution in [2.24, 2.45) is 0 Å². The first-order valence-electron chi connectivity index (χ1n) is 6.49. The summed E-state index contributed by atoms with van der Waals surface area (Å²) in [6.45, 7) is 2.62. The largest absolute Gasteiger partial charge is 0.381 e. The van der Waals surface area contributed by atoms with Gasteiger partial charge in [0.1, 0.15) is 0 Å². The minimum atomic E-state index is -2.42. The van der Waals surface area contributed by atoms with Gasteiger partial charge in [-0.05, 0) is 41.8 Å². The Morgan fingerprint density at radius 1 is 1.15 bits per heavy atom. The summed E-state index contributed by atoms with van der Waals surface area (Å²) in [5, 5.41) is 3.31. The minimum Gasteiger partial charge on any atom is -0.381 e. The van der Waals surface area contributed by atoms with Crippen molar-refractivity contribution in [1.82, 2.24) is 0 Å². The van der Waals surface area contributed by atoms with E-state index in [1.807, 2.05) is 18.2 Å². The standard InChI is InChI=1S/C16H16BrF2N/c1-2-12-9-14(17)6-7-15(12)20-10-11-4-3-5-13(8-11)16(18)19/h3-9,16,20H,2,10H2,1H3. The van der Waals surface area contributed by atoms with E-state index in [1.54, 1.807) is 12.1 Å². The average molecular weight is 340 g/mol. The second-order valence-electron chi connectivity index (χ2n) is 4.55. The van der Waals surface area contributed by atoms with E-state index in [-0.39, 0.29) is 5.56 Å². The van der Waals surface area contributed by atoms with Crippen LogP contribution in [0, 0.1) is 0 Å². The smallest absolute Gasteiger partial charge is 0.263 e. The predicted molar refractivity (Wildman–Crippen MR) is 82.2 cm³/mol.